The van der Waals surface area contributed by atoms with Crippen LogP contribution >= 0.6 is 11.3 Å². The van der Waals surface area contributed by atoms with E-state index < -0.39 is 24.0 Å². The van der Waals surface area contributed by atoms with Crippen molar-refractivity contribution < 1.29 is 31.9 Å². The molecular formula is C20H21F4N7O3S. The van der Waals surface area contributed by atoms with E-state index in [1.165, 1.54) is 13.2 Å². The third-order valence-corrected chi connectivity index (χ3v) is 5.45. The third-order valence-electron chi connectivity index (χ3n) is 4.47. The number of nitrogens with one attached hydrogen (secondary N) is 2. The second-order valence-corrected chi connectivity index (χ2v) is 8.45. The van der Waals surface area contributed by atoms with E-state index in [1.54, 1.807) is 0 Å². The van der Waals surface area contributed by atoms with Gasteiger partial charge < -0.3 is 15.4 Å². The van der Waals surface area contributed by atoms with Gasteiger partial charge in [0.05, 0.1) is 12.7 Å². The quantitative estimate of drug-likeness (QED) is 0.376. The molecule has 0 radical (unpaired) electrons. The number of hydrogen-bond donors (Lipinski definition) is 2. The first-order valence-corrected chi connectivity index (χ1v) is 11.1. The van der Waals surface area contributed by atoms with Gasteiger partial charge in [0.2, 0.25) is 5.01 Å². The average Bonchev–Trinajstić information content (AvgIpc) is 3.46. The summed E-state index contributed by atoms with van der Waals surface area (Å²) in [5.74, 6) is -2.07. The van der Waals surface area contributed by atoms with Gasteiger partial charge in [-0.1, -0.05) is 16.6 Å². The van der Waals surface area contributed by atoms with Crippen molar-refractivity contribution in [2.24, 2.45) is 0 Å². The molecule has 15 heteroatoms. The molecule has 0 saturated carbocycles. The molecule has 3 rings (SSSR count). The SMILES string of the molecule is CNC(=O)c1nnc(CCC(F)Cn2cc(C(=O)NCc3cc(OC(C)(F)F)ccc3F)nn2)s1. The molecule has 0 aliphatic heterocycles. The van der Waals surface area contributed by atoms with Crippen LogP contribution in [0.25, 0.3) is 0 Å². The van der Waals surface area contributed by atoms with Crippen LogP contribution in [0.2, 0.25) is 0 Å². The Balaban J connectivity index is 1.50. The number of aryl methyl sites for hydroxylation is 1. The molecule has 0 fully saturated rings. The Hall–Kier alpha value is -3.62. The molecule has 1 aromatic carbocycles. The van der Waals surface area contributed by atoms with E-state index in [0.29, 0.717) is 11.9 Å². The lowest BCUT2D eigenvalue weighted by Crippen LogP contribution is -2.24. The number of carbonyl (C=O) groups excluding carboxylic acids is 2. The highest BCUT2D eigenvalue weighted by molar-refractivity contribution is 7.13. The van der Waals surface area contributed by atoms with Crippen molar-refractivity contribution in [1.82, 2.24) is 35.8 Å². The van der Waals surface area contributed by atoms with Crippen LogP contribution in [0, 0.1) is 5.82 Å². The van der Waals surface area contributed by atoms with E-state index in [1.807, 2.05) is 0 Å². The van der Waals surface area contributed by atoms with Crippen LogP contribution in [0.1, 0.15) is 44.2 Å². The Labute approximate surface area is 200 Å². The van der Waals surface area contributed by atoms with Gasteiger partial charge in [0.1, 0.15) is 22.7 Å². The Morgan fingerprint density at radius 1 is 1.23 bits per heavy atom. The van der Waals surface area contributed by atoms with Crippen molar-refractivity contribution in [1.29, 1.82) is 0 Å². The zero-order chi connectivity index (χ0) is 25.6. The summed E-state index contributed by atoms with van der Waals surface area (Å²) in [4.78, 5) is 23.8. The summed E-state index contributed by atoms with van der Waals surface area (Å²) in [7, 11) is 1.47. The molecule has 0 saturated heterocycles. The van der Waals surface area contributed by atoms with E-state index in [0.717, 1.165) is 34.2 Å². The number of rotatable bonds is 11. The van der Waals surface area contributed by atoms with Crippen molar-refractivity contribution in [2.45, 2.75) is 45.1 Å². The van der Waals surface area contributed by atoms with Crippen molar-refractivity contribution in [3.05, 3.63) is 51.5 Å². The number of ether oxygens (including phenoxy) is 1. The molecule has 2 aromatic heterocycles. The van der Waals surface area contributed by atoms with Gasteiger partial charge in [-0.05, 0) is 24.6 Å². The van der Waals surface area contributed by atoms with Crippen LogP contribution in [0.15, 0.2) is 24.4 Å². The Kier molecular flexibility index (Phi) is 8.32. The number of nitrogens with zero attached hydrogens (tertiary/aromatic N) is 5. The average molecular weight is 515 g/mol. The molecule has 0 spiro atoms. The lowest BCUT2D eigenvalue weighted by atomic mass is 10.2. The van der Waals surface area contributed by atoms with Gasteiger partial charge in [0, 0.05) is 32.5 Å². The van der Waals surface area contributed by atoms with Crippen LogP contribution in [0.4, 0.5) is 17.6 Å². The minimum absolute atomic E-state index is 0.0763. The molecule has 35 heavy (non-hydrogen) atoms. The van der Waals surface area contributed by atoms with Crippen LogP contribution in [0.3, 0.4) is 0 Å². The Morgan fingerprint density at radius 3 is 2.71 bits per heavy atom. The van der Waals surface area contributed by atoms with E-state index in [9.17, 15) is 27.2 Å². The fourth-order valence-corrected chi connectivity index (χ4v) is 3.64. The summed E-state index contributed by atoms with van der Waals surface area (Å²) in [6, 6.07) is 3.04. The van der Waals surface area contributed by atoms with Crippen LogP contribution in [-0.2, 0) is 19.5 Å². The molecule has 0 bridgehead atoms. The number of carbonyl (C=O) groups is 2. The molecule has 0 aliphatic rings. The van der Waals surface area contributed by atoms with Crippen LogP contribution in [-0.4, -0.2) is 56.3 Å². The predicted octanol–water partition coefficient (Wildman–Crippen LogP) is 2.52. The molecule has 1 unspecified atom stereocenters. The zero-order valence-electron chi connectivity index (χ0n) is 18.6. The third kappa shape index (κ3) is 7.70. The van der Waals surface area contributed by atoms with Crippen molar-refractivity contribution in [3.63, 3.8) is 0 Å². The van der Waals surface area contributed by atoms with Gasteiger partial charge >= 0.3 is 6.11 Å². The first-order chi connectivity index (χ1) is 16.5. The molecule has 188 valence electrons. The standard InChI is InChI=1S/C20H21F4N7O3S/c1-20(23,24)34-13-4-5-14(22)11(7-13)8-26-17(32)15-10-31(30-27-15)9-12(21)3-6-16-28-29-19(35-16)18(33)25-2/h4-5,7,10,12H,3,6,8-9H2,1-2H3,(H,25,33)(H,26,32). The fraction of sp³-hybridized carbons (Fsp3) is 0.400. The van der Waals surface area contributed by atoms with Gasteiger partial charge in [0.25, 0.3) is 11.8 Å². The molecule has 2 amide bonds. The minimum atomic E-state index is -3.45. The number of aromatic nitrogens is 5. The highest BCUT2D eigenvalue weighted by Crippen LogP contribution is 2.23. The highest BCUT2D eigenvalue weighted by atomic mass is 32.1. The summed E-state index contributed by atoms with van der Waals surface area (Å²) in [6.45, 7) is 0.0405. The number of halogens is 4. The predicted molar refractivity (Wildman–Crippen MR) is 115 cm³/mol. The minimum Gasteiger partial charge on any atom is -0.433 e. The van der Waals surface area contributed by atoms with Crippen molar-refractivity contribution in [3.8, 4) is 5.75 Å². The maximum Gasteiger partial charge on any atom is 0.394 e. The maximum absolute atomic E-state index is 14.4. The maximum atomic E-state index is 14.4. The van der Waals surface area contributed by atoms with Crippen molar-refractivity contribution >= 4 is 23.2 Å². The molecule has 2 heterocycles. The normalized spacial score (nSPS) is 12.3. The van der Waals surface area contributed by atoms with E-state index >= 15 is 0 Å². The summed E-state index contributed by atoms with van der Waals surface area (Å²) in [6.07, 6.45) is -3.22. The largest absolute Gasteiger partial charge is 0.433 e. The molecule has 1 atom stereocenters. The van der Waals surface area contributed by atoms with Gasteiger partial charge in [-0.3, -0.25) is 9.59 Å². The Bertz CT molecular complexity index is 1180. The highest BCUT2D eigenvalue weighted by Gasteiger charge is 2.24. The Morgan fingerprint density at radius 2 is 2.00 bits per heavy atom. The van der Waals surface area contributed by atoms with E-state index in [-0.39, 0.29) is 53.9 Å². The number of hydrogen-bond acceptors (Lipinski definition) is 8. The van der Waals surface area contributed by atoms with Gasteiger partial charge in [0.15, 0.2) is 5.69 Å². The zero-order valence-corrected chi connectivity index (χ0v) is 19.4. The second-order valence-electron chi connectivity index (χ2n) is 7.39. The lowest BCUT2D eigenvalue weighted by Gasteiger charge is -2.14. The molecular weight excluding hydrogens is 494 g/mol. The molecule has 10 nitrogen and oxygen atoms in total. The first-order valence-electron chi connectivity index (χ1n) is 10.3. The fourth-order valence-electron chi connectivity index (χ4n) is 2.84. The van der Waals surface area contributed by atoms with E-state index in [4.69, 9.17) is 0 Å². The summed E-state index contributed by atoms with van der Waals surface area (Å²) >= 11 is 1.07. The summed E-state index contributed by atoms with van der Waals surface area (Å²) in [5.41, 5.74) is -0.211. The first kappa shape index (κ1) is 26.0. The second kappa shape index (κ2) is 11.2. The van der Waals surface area contributed by atoms with E-state index in [2.05, 4.69) is 35.9 Å². The molecule has 2 N–H and O–H groups in total. The smallest absolute Gasteiger partial charge is 0.394 e. The summed E-state index contributed by atoms with van der Waals surface area (Å²) < 4.78 is 59.9. The van der Waals surface area contributed by atoms with Crippen molar-refractivity contribution in [2.75, 3.05) is 7.05 Å². The molecule has 0 aliphatic carbocycles. The number of benzene rings is 1. The topological polar surface area (TPSA) is 124 Å². The molecule has 3 aromatic rings. The van der Waals surface area contributed by atoms with Gasteiger partial charge in [-0.15, -0.1) is 15.3 Å². The van der Waals surface area contributed by atoms with Crippen LogP contribution < -0.4 is 15.4 Å². The van der Waals surface area contributed by atoms with Crippen LogP contribution in [0.5, 0.6) is 5.75 Å². The monoisotopic (exact) mass is 515 g/mol. The number of amides is 2. The number of alkyl halides is 3. The lowest BCUT2D eigenvalue weighted by molar-refractivity contribution is -0.159. The van der Waals surface area contributed by atoms with Gasteiger partial charge in [-0.25, -0.2) is 13.5 Å². The summed E-state index contributed by atoms with van der Waals surface area (Å²) in [5, 5.41) is 20.5. The van der Waals surface area contributed by atoms with Gasteiger partial charge in [-0.2, -0.15) is 8.78 Å².